The fraction of sp³-hybridized carbons (Fsp3) is 0.200. The van der Waals surface area contributed by atoms with Gasteiger partial charge >= 0.3 is 0 Å². The molecule has 3 rings (SSSR count). The highest BCUT2D eigenvalue weighted by atomic mass is 32.1. The zero-order valence-corrected chi connectivity index (χ0v) is 12.1. The second kappa shape index (κ2) is 4.83. The maximum atomic E-state index is 13.6. The molecule has 2 aromatic heterocycles. The standard InChI is InChI=1S/C15H14FN3S/c1-9-5-14-13(6-12(9)16)18-15(20)19(14)8-11-4-3-10(2)17-7-11/h3-7H,8H2,1-2H3,(H,18,20). The van der Waals surface area contributed by atoms with E-state index in [4.69, 9.17) is 12.2 Å². The van der Waals surface area contributed by atoms with Crippen LogP contribution in [0.15, 0.2) is 30.5 Å². The lowest BCUT2D eigenvalue weighted by Gasteiger charge is -2.06. The molecule has 2 heterocycles. The number of nitrogens with one attached hydrogen (secondary N) is 1. The maximum Gasteiger partial charge on any atom is 0.178 e. The van der Waals surface area contributed by atoms with E-state index in [2.05, 4.69) is 9.97 Å². The van der Waals surface area contributed by atoms with Gasteiger partial charge in [0.15, 0.2) is 4.77 Å². The summed E-state index contributed by atoms with van der Waals surface area (Å²) >= 11 is 5.33. The van der Waals surface area contributed by atoms with E-state index < -0.39 is 0 Å². The Morgan fingerprint density at radius 2 is 2.10 bits per heavy atom. The van der Waals surface area contributed by atoms with Crippen LogP contribution in [0.1, 0.15) is 16.8 Å². The molecule has 0 radical (unpaired) electrons. The molecule has 1 aromatic carbocycles. The predicted octanol–water partition coefficient (Wildman–Crippen LogP) is 3.90. The number of halogens is 1. The summed E-state index contributed by atoms with van der Waals surface area (Å²) in [6.45, 7) is 4.33. The van der Waals surface area contributed by atoms with Crippen LogP contribution in [0, 0.1) is 24.4 Å². The van der Waals surface area contributed by atoms with Crippen LogP contribution < -0.4 is 0 Å². The smallest absolute Gasteiger partial charge is 0.178 e. The molecule has 0 unspecified atom stereocenters. The molecule has 0 saturated carbocycles. The SMILES string of the molecule is Cc1ccc(Cn2c(=S)[nH]c3cc(F)c(C)cc32)cn1. The first-order chi connectivity index (χ1) is 9.54. The second-order valence-electron chi connectivity index (χ2n) is 4.94. The average molecular weight is 287 g/mol. The Balaban J connectivity index is 2.11. The number of aryl methyl sites for hydroxylation is 2. The Morgan fingerprint density at radius 3 is 2.80 bits per heavy atom. The quantitative estimate of drug-likeness (QED) is 0.725. The summed E-state index contributed by atoms with van der Waals surface area (Å²) in [7, 11) is 0. The topological polar surface area (TPSA) is 33.6 Å². The molecule has 0 spiro atoms. The first kappa shape index (κ1) is 13.0. The van der Waals surface area contributed by atoms with Crippen LogP contribution >= 0.6 is 12.2 Å². The van der Waals surface area contributed by atoms with Gasteiger partial charge in [-0.15, -0.1) is 0 Å². The number of hydrogen-bond donors (Lipinski definition) is 1. The molecule has 0 aliphatic carbocycles. The van der Waals surface area contributed by atoms with Gasteiger partial charge in [0.25, 0.3) is 0 Å². The van der Waals surface area contributed by atoms with Gasteiger partial charge < -0.3 is 9.55 Å². The number of fused-ring (bicyclic) bond motifs is 1. The summed E-state index contributed by atoms with van der Waals surface area (Å²) in [5.74, 6) is -0.224. The molecular weight excluding hydrogens is 273 g/mol. The molecular formula is C15H14FN3S. The van der Waals surface area contributed by atoms with Gasteiger partial charge in [-0.25, -0.2) is 4.39 Å². The van der Waals surface area contributed by atoms with Gasteiger partial charge in [0.05, 0.1) is 17.6 Å². The molecule has 0 amide bonds. The van der Waals surface area contributed by atoms with Crippen LogP contribution in [0.5, 0.6) is 0 Å². The van der Waals surface area contributed by atoms with Crippen molar-refractivity contribution in [2.75, 3.05) is 0 Å². The van der Waals surface area contributed by atoms with E-state index in [0.717, 1.165) is 22.3 Å². The summed E-state index contributed by atoms with van der Waals surface area (Å²) in [6.07, 6.45) is 1.84. The van der Waals surface area contributed by atoms with E-state index in [1.165, 1.54) is 6.07 Å². The lowest BCUT2D eigenvalue weighted by Crippen LogP contribution is -2.00. The highest BCUT2D eigenvalue weighted by Gasteiger charge is 2.08. The first-order valence-electron chi connectivity index (χ1n) is 6.35. The lowest BCUT2D eigenvalue weighted by molar-refractivity contribution is 0.620. The number of rotatable bonds is 2. The normalized spacial score (nSPS) is 11.2. The second-order valence-corrected chi connectivity index (χ2v) is 5.33. The van der Waals surface area contributed by atoms with Crippen molar-refractivity contribution in [2.45, 2.75) is 20.4 Å². The van der Waals surface area contributed by atoms with Crippen LogP contribution in [0.2, 0.25) is 0 Å². The molecule has 0 aliphatic rings. The van der Waals surface area contributed by atoms with Crippen molar-refractivity contribution in [1.82, 2.24) is 14.5 Å². The molecule has 20 heavy (non-hydrogen) atoms. The third-order valence-corrected chi connectivity index (χ3v) is 3.69. The number of H-pyrrole nitrogens is 1. The van der Waals surface area contributed by atoms with Crippen molar-refractivity contribution >= 4 is 23.3 Å². The molecule has 3 aromatic rings. The summed E-state index contributed by atoms with van der Waals surface area (Å²) in [5.41, 5.74) is 4.29. The Morgan fingerprint density at radius 1 is 1.30 bits per heavy atom. The lowest BCUT2D eigenvalue weighted by atomic mass is 10.2. The van der Waals surface area contributed by atoms with Crippen LogP contribution in [-0.2, 0) is 6.54 Å². The van der Waals surface area contributed by atoms with Crippen LogP contribution in [0.4, 0.5) is 4.39 Å². The van der Waals surface area contributed by atoms with E-state index in [1.807, 2.05) is 35.9 Å². The highest BCUT2D eigenvalue weighted by molar-refractivity contribution is 7.71. The van der Waals surface area contributed by atoms with Gasteiger partial charge in [-0.1, -0.05) is 6.07 Å². The summed E-state index contributed by atoms with van der Waals surface area (Å²) in [5, 5.41) is 0. The fourth-order valence-electron chi connectivity index (χ4n) is 2.21. The largest absolute Gasteiger partial charge is 0.330 e. The van der Waals surface area contributed by atoms with Gasteiger partial charge in [0.1, 0.15) is 5.82 Å². The molecule has 1 N–H and O–H groups in total. The minimum absolute atomic E-state index is 0.224. The number of pyridine rings is 1. The van der Waals surface area contributed by atoms with E-state index >= 15 is 0 Å². The van der Waals surface area contributed by atoms with Crippen molar-refractivity contribution in [1.29, 1.82) is 0 Å². The zero-order chi connectivity index (χ0) is 14.3. The van der Waals surface area contributed by atoms with Crippen LogP contribution in [-0.4, -0.2) is 14.5 Å². The zero-order valence-electron chi connectivity index (χ0n) is 11.3. The fourth-order valence-corrected chi connectivity index (χ4v) is 2.49. The van der Waals surface area contributed by atoms with Crippen molar-refractivity contribution in [3.8, 4) is 0 Å². The predicted molar refractivity (Wildman–Crippen MR) is 79.9 cm³/mol. The number of nitrogens with zero attached hydrogens (tertiary/aromatic N) is 2. The number of aromatic amines is 1. The maximum absolute atomic E-state index is 13.6. The number of aromatic nitrogens is 3. The molecule has 3 nitrogen and oxygen atoms in total. The molecule has 0 aliphatic heterocycles. The number of imidazole rings is 1. The van der Waals surface area contributed by atoms with Gasteiger partial charge in [-0.2, -0.15) is 0 Å². The Hall–Kier alpha value is -2.01. The van der Waals surface area contributed by atoms with Gasteiger partial charge in [-0.05, 0) is 55.4 Å². The summed E-state index contributed by atoms with van der Waals surface area (Å²) in [4.78, 5) is 7.33. The van der Waals surface area contributed by atoms with Gasteiger partial charge in [0, 0.05) is 11.9 Å². The average Bonchev–Trinajstić information content (AvgIpc) is 2.69. The van der Waals surface area contributed by atoms with E-state index in [1.54, 1.807) is 6.92 Å². The number of hydrogen-bond acceptors (Lipinski definition) is 2. The van der Waals surface area contributed by atoms with Gasteiger partial charge in [-0.3, -0.25) is 4.98 Å². The van der Waals surface area contributed by atoms with E-state index in [0.29, 0.717) is 16.9 Å². The van der Waals surface area contributed by atoms with E-state index in [-0.39, 0.29) is 5.82 Å². The highest BCUT2D eigenvalue weighted by Crippen LogP contribution is 2.20. The summed E-state index contributed by atoms with van der Waals surface area (Å²) < 4.78 is 16.1. The number of benzene rings is 1. The third kappa shape index (κ3) is 2.25. The molecule has 0 fully saturated rings. The molecule has 0 atom stereocenters. The van der Waals surface area contributed by atoms with Crippen LogP contribution in [0.25, 0.3) is 11.0 Å². The molecule has 0 bridgehead atoms. The Kier molecular flexibility index (Phi) is 3.14. The van der Waals surface area contributed by atoms with Crippen LogP contribution in [0.3, 0.4) is 0 Å². The Labute approximate surface area is 121 Å². The third-order valence-electron chi connectivity index (χ3n) is 3.37. The molecule has 5 heteroatoms. The van der Waals surface area contributed by atoms with Crippen molar-refractivity contribution in [2.24, 2.45) is 0 Å². The van der Waals surface area contributed by atoms with Gasteiger partial charge in [0.2, 0.25) is 0 Å². The van der Waals surface area contributed by atoms with E-state index in [9.17, 15) is 4.39 Å². The van der Waals surface area contributed by atoms with Crippen molar-refractivity contribution < 1.29 is 4.39 Å². The van der Waals surface area contributed by atoms with Crippen molar-refractivity contribution in [3.63, 3.8) is 0 Å². The Bertz CT molecular complexity index is 831. The molecule has 102 valence electrons. The molecule has 0 saturated heterocycles. The monoisotopic (exact) mass is 287 g/mol. The minimum Gasteiger partial charge on any atom is -0.330 e. The van der Waals surface area contributed by atoms with Crippen molar-refractivity contribution in [3.05, 3.63) is 57.9 Å². The first-order valence-corrected chi connectivity index (χ1v) is 6.75. The summed E-state index contributed by atoms with van der Waals surface area (Å²) in [6, 6.07) is 7.31. The minimum atomic E-state index is -0.224.